The molecule has 162 valence electrons. The number of hydrogen-bond acceptors (Lipinski definition) is 6. The number of anilines is 1. The normalized spacial score (nSPS) is 18.5. The second-order valence-corrected chi connectivity index (χ2v) is 9.24. The predicted molar refractivity (Wildman–Crippen MR) is 118 cm³/mol. The van der Waals surface area contributed by atoms with E-state index in [0.717, 1.165) is 17.0 Å². The van der Waals surface area contributed by atoms with Gasteiger partial charge in [0.15, 0.2) is 0 Å². The number of rotatable bonds is 6. The Balaban J connectivity index is 1.58. The van der Waals surface area contributed by atoms with Gasteiger partial charge in [0.05, 0.1) is 22.0 Å². The Kier molecular flexibility index (Phi) is 5.67. The number of sulfonamides is 1. The molecule has 1 aliphatic carbocycles. The van der Waals surface area contributed by atoms with Crippen molar-refractivity contribution < 1.29 is 13.6 Å². The summed E-state index contributed by atoms with van der Waals surface area (Å²) in [7, 11) is -3.61. The average molecular weight is 440 g/mol. The Bertz CT molecular complexity index is 1220. The van der Waals surface area contributed by atoms with Gasteiger partial charge in [0.2, 0.25) is 10.0 Å². The molecule has 2 N–H and O–H groups in total. The van der Waals surface area contributed by atoms with E-state index in [1.807, 2.05) is 26.0 Å². The third kappa shape index (κ3) is 4.13. The highest BCUT2D eigenvalue weighted by Gasteiger charge is 2.29. The van der Waals surface area contributed by atoms with Gasteiger partial charge < -0.3 is 10.4 Å². The summed E-state index contributed by atoms with van der Waals surface area (Å²) in [4.78, 5) is 0.231. The number of benzene rings is 2. The SMILES string of the molecule is Cc1nn(-c2ccccc2N([O-])O)c(C)c1[C@@H]1C=C[C@@H](NS(=O)(=O)c2ccccc2)C1. The van der Waals surface area contributed by atoms with Crippen molar-refractivity contribution in [2.24, 2.45) is 0 Å². The molecule has 0 radical (unpaired) electrons. The van der Waals surface area contributed by atoms with Crippen LogP contribution in [-0.4, -0.2) is 29.4 Å². The molecule has 4 rings (SSSR count). The van der Waals surface area contributed by atoms with Gasteiger partial charge in [0.1, 0.15) is 0 Å². The van der Waals surface area contributed by atoms with E-state index in [-0.39, 0.29) is 27.8 Å². The number of aryl methyl sites for hydroxylation is 1. The summed E-state index contributed by atoms with van der Waals surface area (Å²) in [6.45, 7) is 3.78. The molecular weight excluding hydrogens is 416 g/mol. The predicted octanol–water partition coefficient (Wildman–Crippen LogP) is 3.57. The highest BCUT2D eigenvalue weighted by Crippen LogP contribution is 2.35. The zero-order valence-electron chi connectivity index (χ0n) is 17.1. The summed E-state index contributed by atoms with van der Waals surface area (Å²) in [5.74, 6) is -0.0260. The van der Waals surface area contributed by atoms with Crippen molar-refractivity contribution in [3.8, 4) is 5.69 Å². The van der Waals surface area contributed by atoms with Crippen LogP contribution in [0.5, 0.6) is 0 Å². The number of allylic oxidation sites excluding steroid dienone is 1. The molecule has 0 saturated heterocycles. The minimum absolute atomic E-state index is 0.0260. The van der Waals surface area contributed by atoms with Gasteiger partial charge in [-0.1, -0.05) is 42.5 Å². The van der Waals surface area contributed by atoms with E-state index in [9.17, 15) is 18.8 Å². The van der Waals surface area contributed by atoms with Crippen LogP contribution in [-0.2, 0) is 10.0 Å². The van der Waals surface area contributed by atoms with Crippen LogP contribution in [0.3, 0.4) is 0 Å². The van der Waals surface area contributed by atoms with Gasteiger partial charge in [-0.15, -0.1) is 0 Å². The van der Waals surface area contributed by atoms with Crippen LogP contribution in [0.15, 0.2) is 71.6 Å². The number of aromatic nitrogens is 2. The first-order valence-corrected chi connectivity index (χ1v) is 11.3. The van der Waals surface area contributed by atoms with Crippen molar-refractivity contribution in [3.63, 3.8) is 0 Å². The first-order valence-electron chi connectivity index (χ1n) is 9.85. The summed E-state index contributed by atoms with van der Waals surface area (Å²) in [5, 5.41) is 25.4. The lowest BCUT2D eigenvalue weighted by Gasteiger charge is -2.24. The summed E-state index contributed by atoms with van der Waals surface area (Å²) in [6.07, 6.45) is 4.41. The van der Waals surface area contributed by atoms with Gasteiger partial charge in [0.25, 0.3) is 0 Å². The zero-order chi connectivity index (χ0) is 22.2. The third-order valence-corrected chi connectivity index (χ3v) is 6.98. The minimum Gasteiger partial charge on any atom is -0.733 e. The fourth-order valence-corrected chi connectivity index (χ4v) is 5.32. The Labute approximate surface area is 181 Å². The van der Waals surface area contributed by atoms with Gasteiger partial charge in [-0.25, -0.2) is 17.8 Å². The van der Waals surface area contributed by atoms with Crippen LogP contribution in [0.1, 0.15) is 29.3 Å². The molecule has 0 amide bonds. The monoisotopic (exact) mass is 439 g/mol. The van der Waals surface area contributed by atoms with E-state index in [4.69, 9.17) is 0 Å². The molecule has 0 fully saturated rings. The Hall–Kier alpha value is -2.98. The minimum atomic E-state index is -3.61. The Morgan fingerprint density at radius 1 is 1.10 bits per heavy atom. The van der Waals surface area contributed by atoms with Gasteiger partial charge in [-0.2, -0.15) is 5.10 Å². The summed E-state index contributed by atoms with van der Waals surface area (Å²) in [5.41, 5.74) is 3.14. The van der Waals surface area contributed by atoms with E-state index in [1.165, 1.54) is 6.07 Å². The lowest BCUT2D eigenvalue weighted by Crippen LogP contribution is -2.32. The molecule has 1 heterocycles. The van der Waals surface area contributed by atoms with Crippen LogP contribution < -0.4 is 9.95 Å². The number of nitrogens with one attached hydrogen (secondary N) is 1. The van der Waals surface area contributed by atoms with Crippen molar-refractivity contribution >= 4 is 15.7 Å². The number of para-hydroxylation sites is 2. The Morgan fingerprint density at radius 2 is 1.77 bits per heavy atom. The Morgan fingerprint density at radius 3 is 2.48 bits per heavy atom. The molecule has 0 bridgehead atoms. The van der Waals surface area contributed by atoms with E-state index >= 15 is 0 Å². The molecule has 0 aliphatic heterocycles. The maximum atomic E-state index is 12.6. The lowest BCUT2D eigenvalue weighted by atomic mass is 9.96. The summed E-state index contributed by atoms with van der Waals surface area (Å²) < 4.78 is 29.7. The quantitative estimate of drug-likeness (QED) is 0.449. The molecule has 8 nitrogen and oxygen atoms in total. The molecular formula is C22H23N4O4S-. The molecule has 0 unspecified atom stereocenters. The average Bonchev–Trinajstić information content (AvgIpc) is 3.31. The molecule has 9 heteroatoms. The molecule has 1 aliphatic rings. The van der Waals surface area contributed by atoms with Crippen LogP contribution in [0.4, 0.5) is 5.69 Å². The lowest BCUT2D eigenvalue weighted by molar-refractivity contribution is 0.296. The first kappa shape index (κ1) is 21.3. The van der Waals surface area contributed by atoms with Gasteiger partial charge in [-0.05, 0) is 44.5 Å². The number of hydrogen-bond donors (Lipinski definition) is 2. The van der Waals surface area contributed by atoms with Gasteiger partial charge in [0, 0.05) is 23.2 Å². The second kappa shape index (κ2) is 8.27. The summed E-state index contributed by atoms with van der Waals surface area (Å²) in [6, 6.07) is 14.6. The van der Waals surface area contributed by atoms with E-state index in [2.05, 4.69) is 9.82 Å². The molecule has 2 atom stereocenters. The van der Waals surface area contributed by atoms with Crippen molar-refractivity contribution in [3.05, 3.63) is 88.9 Å². The van der Waals surface area contributed by atoms with Gasteiger partial charge >= 0.3 is 0 Å². The molecule has 0 spiro atoms. The fourth-order valence-electron chi connectivity index (χ4n) is 4.10. The van der Waals surface area contributed by atoms with Crippen LogP contribution in [0.2, 0.25) is 0 Å². The number of nitrogens with zero attached hydrogens (tertiary/aromatic N) is 3. The largest absolute Gasteiger partial charge is 0.733 e. The first-order chi connectivity index (χ1) is 14.8. The maximum Gasteiger partial charge on any atom is 0.241 e. The molecule has 3 aromatic rings. The van der Waals surface area contributed by atoms with E-state index in [1.54, 1.807) is 53.2 Å². The van der Waals surface area contributed by atoms with Crippen LogP contribution in [0.25, 0.3) is 5.69 Å². The fraction of sp³-hybridized carbons (Fsp3) is 0.227. The highest BCUT2D eigenvalue weighted by molar-refractivity contribution is 7.89. The van der Waals surface area contributed by atoms with Gasteiger partial charge in [-0.3, -0.25) is 5.21 Å². The third-order valence-electron chi connectivity index (χ3n) is 5.48. The molecule has 2 aromatic carbocycles. The smallest absolute Gasteiger partial charge is 0.241 e. The molecule has 31 heavy (non-hydrogen) atoms. The van der Waals surface area contributed by atoms with Crippen molar-refractivity contribution in [1.29, 1.82) is 0 Å². The van der Waals surface area contributed by atoms with E-state index in [0.29, 0.717) is 12.1 Å². The van der Waals surface area contributed by atoms with E-state index < -0.39 is 10.0 Å². The molecule has 1 aromatic heterocycles. The van der Waals surface area contributed by atoms with Crippen LogP contribution in [0, 0.1) is 19.1 Å². The standard InChI is InChI=1S/C22H23N4O4S/c1-15-22(16(2)25(23-15)20-10-6-7-11-21(20)26(27)28)17-12-13-18(14-17)24-31(29,30)19-8-4-3-5-9-19/h3-13,17-18,24,27H,14H2,1-2H3/q-1/t17-,18-/m1/s1. The maximum absolute atomic E-state index is 12.6. The summed E-state index contributed by atoms with van der Waals surface area (Å²) >= 11 is 0. The zero-order valence-corrected chi connectivity index (χ0v) is 18.0. The van der Waals surface area contributed by atoms with Crippen molar-refractivity contribution in [2.45, 2.75) is 37.1 Å². The van der Waals surface area contributed by atoms with Crippen LogP contribution >= 0.6 is 0 Å². The van der Waals surface area contributed by atoms with Crippen molar-refractivity contribution in [1.82, 2.24) is 14.5 Å². The molecule has 0 saturated carbocycles. The van der Waals surface area contributed by atoms with Crippen molar-refractivity contribution in [2.75, 3.05) is 5.23 Å². The highest BCUT2D eigenvalue weighted by atomic mass is 32.2. The topological polar surface area (TPSA) is 111 Å². The second-order valence-electron chi connectivity index (χ2n) is 7.53.